The van der Waals surface area contributed by atoms with Crippen molar-refractivity contribution < 1.29 is 23.8 Å². The molecule has 1 aromatic carbocycles. The Morgan fingerprint density at radius 1 is 1.24 bits per heavy atom. The van der Waals surface area contributed by atoms with Gasteiger partial charge in [-0.1, -0.05) is 12.1 Å². The monoisotopic (exact) mass is 511 g/mol. The highest BCUT2D eigenvalue weighted by molar-refractivity contribution is 5.76. The van der Waals surface area contributed by atoms with Crippen LogP contribution < -0.4 is 5.32 Å². The van der Waals surface area contributed by atoms with E-state index in [2.05, 4.69) is 16.4 Å². The maximum Gasteiger partial charge on any atom is 0.325 e. The largest absolute Gasteiger partial charge is 0.480 e. The van der Waals surface area contributed by atoms with Crippen LogP contribution in [0.2, 0.25) is 0 Å². The summed E-state index contributed by atoms with van der Waals surface area (Å²) in [6.07, 6.45) is 10.6. The summed E-state index contributed by atoms with van der Waals surface area (Å²) < 4.78 is 26.3. The highest BCUT2D eigenvalue weighted by atomic mass is 19.1. The first-order chi connectivity index (χ1) is 18.1. The van der Waals surface area contributed by atoms with Crippen LogP contribution in [0.1, 0.15) is 79.3 Å². The molecule has 0 spiro atoms. The molecule has 1 aromatic heterocycles. The van der Waals surface area contributed by atoms with Gasteiger partial charge in [-0.25, -0.2) is 9.37 Å². The lowest BCUT2D eigenvalue weighted by Gasteiger charge is -2.30. The molecule has 5 rings (SSSR count). The summed E-state index contributed by atoms with van der Waals surface area (Å²) in [5.74, 6) is -0.351. The molecule has 4 heterocycles. The first-order valence-corrected chi connectivity index (χ1v) is 13.8. The van der Waals surface area contributed by atoms with E-state index in [1.165, 1.54) is 23.3 Å². The minimum absolute atomic E-state index is 0.0127. The number of nitrogens with one attached hydrogen (secondary N) is 1. The van der Waals surface area contributed by atoms with E-state index in [0.717, 1.165) is 75.7 Å². The van der Waals surface area contributed by atoms with Crippen LogP contribution >= 0.6 is 0 Å². The first-order valence-electron chi connectivity index (χ1n) is 13.8. The van der Waals surface area contributed by atoms with E-state index in [1.54, 1.807) is 6.07 Å². The van der Waals surface area contributed by atoms with Crippen LogP contribution in [0.4, 0.5) is 10.2 Å². The quantitative estimate of drug-likeness (QED) is 0.432. The standard InChI is InChI=1S/C29H38FN3O4/c30-22-9-10-24(26-8-2-4-15-37-26)25(17-22)27(29(34)35)33-13-11-23(19-33)36-14-3-1-6-20-16-21-7-5-12-31-28(21)32-18-20/h9-10,16-18,23,26-27H,1-8,11-15,19H2,(H,31,32)(H,34,35)/t23-,26-,27-/m1/s1. The molecule has 0 saturated carbocycles. The zero-order valence-corrected chi connectivity index (χ0v) is 21.5. The Morgan fingerprint density at radius 2 is 2.16 bits per heavy atom. The SMILES string of the molecule is O=C(O)[C@@H](c1cc(F)ccc1[C@H]1CCCCO1)N1CC[C@@H](OCCCCc2cnc3c(c2)CCCN3)C1. The van der Waals surface area contributed by atoms with Crippen molar-refractivity contribution in [2.75, 3.05) is 38.2 Å². The van der Waals surface area contributed by atoms with Crippen LogP contribution in [0.3, 0.4) is 0 Å². The number of aryl methyl sites for hydroxylation is 2. The highest BCUT2D eigenvalue weighted by Crippen LogP contribution is 2.36. The van der Waals surface area contributed by atoms with Gasteiger partial charge in [-0.05, 0) is 92.2 Å². The molecule has 0 bridgehead atoms. The fourth-order valence-electron chi connectivity index (χ4n) is 5.89. The highest BCUT2D eigenvalue weighted by Gasteiger charge is 2.36. The third-order valence-electron chi connectivity index (χ3n) is 7.80. The second kappa shape index (κ2) is 12.3. The molecule has 0 unspecified atom stereocenters. The molecule has 3 aliphatic rings. The fourth-order valence-corrected chi connectivity index (χ4v) is 5.89. The van der Waals surface area contributed by atoms with Crippen molar-refractivity contribution in [3.8, 4) is 0 Å². The van der Waals surface area contributed by atoms with Crippen molar-refractivity contribution in [3.63, 3.8) is 0 Å². The third kappa shape index (κ3) is 6.48. The van der Waals surface area contributed by atoms with E-state index in [-0.39, 0.29) is 12.2 Å². The van der Waals surface area contributed by atoms with Gasteiger partial charge in [-0.3, -0.25) is 9.69 Å². The van der Waals surface area contributed by atoms with E-state index in [1.807, 2.05) is 11.1 Å². The maximum atomic E-state index is 14.3. The molecule has 2 fully saturated rings. The van der Waals surface area contributed by atoms with Crippen LogP contribution in [0.25, 0.3) is 0 Å². The number of fused-ring (bicyclic) bond motifs is 1. The molecule has 0 radical (unpaired) electrons. The minimum atomic E-state index is -0.961. The summed E-state index contributed by atoms with van der Waals surface area (Å²) in [6, 6.07) is 5.86. The minimum Gasteiger partial charge on any atom is -0.480 e. The Balaban J connectivity index is 1.13. The first kappa shape index (κ1) is 26.1. The maximum absolute atomic E-state index is 14.3. The average Bonchev–Trinajstić information content (AvgIpc) is 3.37. The van der Waals surface area contributed by atoms with Gasteiger partial charge in [0, 0.05) is 39.0 Å². The lowest BCUT2D eigenvalue weighted by atomic mass is 9.92. The normalized spacial score (nSPS) is 22.8. The van der Waals surface area contributed by atoms with Crippen LogP contribution in [-0.4, -0.2) is 59.9 Å². The van der Waals surface area contributed by atoms with E-state index in [9.17, 15) is 14.3 Å². The molecular formula is C29H38FN3O4. The summed E-state index contributed by atoms with van der Waals surface area (Å²) in [5.41, 5.74) is 3.89. The van der Waals surface area contributed by atoms with Crippen molar-refractivity contribution in [2.45, 2.75) is 76.0 Å². The number of pyridine rings is 1. The predicted octanol–water partition coefficient (Wildman–Crippen LogP) is 5.06. The van der Waals surface area contributed by atoms with Gasteiger partial charge in [0.05, 0.1) is 12.2 Å². The summed E-state index contributed by atoms with van der Waals surface area (Å²) in [6.45, 7) is 3.44. The number of carboxylic acids is 1. The Kier molecular flexibility index (Phi) is 8.69. The van der Waals surface area contributed by atoms with Crippen LogP contribution in [0, 0.1) is 5.82 Å². The van der Waals surface area contributed by atoms with Gasteiger partial charge in [0.2, 0.25) is 0 Å². The van der Waals surface area contributed by atoms with Crippen LogP contribution in [0.15, 0.2) is 30.5 Å². The predicted molar refractivity (Wildman–Crippen MR) is 139 cm³/mol. The lowest BCUT2D eigenvalue weighted by molar-refractivity contribution is -0.143. The lowest BCUT2D eigenvalue weighted by Crippen LogP contribution is -2.34. The summed E-state index contributed by atoms with van der Waals surface area (Å²) in [7, 11) is 0. The van der Waals surface area contributed by atoms with Gasteiger partial charge < -0.3 is 19.9 Å². The number of nitrogens with zero attached hydrogens (tertiary/aromatic N) is 2. The molecule has 3 atom stereocenters. The van der Waals surface area contributed by atoms with Crippen LogP contribution in [-0.2, 0) is 27.1 Å². The van der Waals surface area contributed by atoms with E-state index in [0.29, 0.717) is 31.9 Å². The van der Waals surface area contributed by atoms with Gasteiger partial charge in [0.25, 0.3) is 0 Å². The number of carbonyl (C=O) groups is 1. The molecule has 7 nitrogen and oxygen atoms in total. The van der Waals surface area contributed by atoms with Gasteiger partial charge in [-0.2, -0.15) is 0 Å². The van der Waals surface area contributed by atoms with Gasteiger partial charge in [0.1, 0.15) is 17.7 Å². The number of benzene rings is 1. The average molecular weight is 512 g/mol. The van der Waals surface area contributed by atoms with Crippen molar-refractivity contribution in [1.82, 2.24) is 9.88 Å². The number of ether oxygens (including phenoxy) is 2. The van der Waals surface area contributed by atoms with E-state index in [4.69, 9.17) is 9.47 Å². The molecule has 200 valence electrons. The van der Waals surface area contributed by atoms with Gasteiger partial charge in [0.15, 0.2) is 0 Å². The third-order valence-corrected chi connectivity index (χ3v) is 7.80. The van der Waals surface area contributed by atoms with Crippen LogP contribution in [0.5, 0.6) is 0 Å². The number of anilines is 1. The molecule has 2 aromatic rings. The second-order valence-electron chi connectivity index (χ2n) is 10.5. The van der Waals surface area contributed by atoms with E-state index >= 15 is 0 Å². The molecule has 0 amide bonds. The number of hydrogen-bond donors (Lipinski definition) is 2. The summed E-state index contributed by atoms with van der Waals surface area (Å²) in [5, 5.41) is 13.5. The summed E-state index contributed by atoms with van der Waals surface area (Å²) in [4.78, 5) is 18.9. The van der Waals surface area contributed by atoms with Crippen molar-refractivity contribution >= 4 is 11.8 Å². The molecule has 37 heavy (non-hydrogen) atoms. The van der Waals surface area contributed by atoms with E-state index < -0.39 is 17.8 Å². The molecule has 0 aliphatic carbocycles. The number of carboxylic acid groups (broad SMARTS) is 1. The van der Waals surface area contributed by atoms with Crippen molar-refractivity contribution in [3.05, 3.63) is 58.5 Å². The number of unbranched alkanes of at least 4 members (excludes halogenated alkanes) is 1. The Labute approximate surface area is 218 Å². The Morgan fingerprint density at radius 3 is 3.00 bits per heavy atom. The number of aliphatic carboxylic acids is 1. The Bertz CT molecular complexity index is 1080. The molecule has 8 heteroatoms. The number of likely N-dealkylation sites (tertiary alicyclic amines) is 1. The molecule has 2 saturated heterocycles. The molecule has 2 N–H and O–H groups in total. The number of rotatable bonds is 10. The molecule has 3 aliphatic heterocycles. The second-order valence-corrected chi connectivity index (χ2v) is 10.5. The van der Waals surface area contributed by atoms with Crippen molar-refractivity contribution in [1.29, 1.82) is 0 Å². The van der Waals surface area contributed by atoms with Crippen molar-refractivity contribution in [2.24, 2.45) is 0 Å². The summed E-state index contributed by atoms with van der Waals surface area (Å²) >= 11 is 0. The number of aromatic nitrogens is 1. The number of hydrogen-bond acceptors (Lipinski definition) is 6. The molecular weight excluding hydrogens is 473 g/mol. The number of halogens is 1. The zero-order valence-electron chi connectivity index (χ0n) is 21.5. The smallest absolute Gasteiger partial charge is 0.325 e. The van der Waals surface area contributed by atoms with Gasteiger partial charge >= 0.3 is 5.97 Å². The topological polar surface area (TPSA) is 83.9 Å². The Hall–Kier alpha value is -2.55. The van der Waals surface area contributed by atoms with Gasteiger partial charge in [-0.15, -0.1) is 0 Å². The fraction of sp³-hybridized carbons (Fsp3) is 0.586. The zero-order chi connectivity index (χ0) is 25.6.